The highest BCUT2D eigenvalue weighted by atomic mass is 32.2. The zero-order valence-corrected chi connectivity index (χ0v) is 28.8. The zero-order valence-electron chi connectivity index (χ0n) is 27.1. The average Bonchev–Trinajstić information content (AvgIpc) is 2.95. The topological polar surface area (TPSA) is 34.1 Å². The fourth-order valence-corrected chi connectivity index (χ4v) is 5.68. The van der Waals surface area contributed by atoms with Crippen molar-refractivity contribution in [3.8, 4) is 0 Å². The Kier molecular flexibility index (Phi) is 50.2. The van der Waals surface area contributed by atoms with Gasteiger partial charge in [-0.25, -0.2) is 0 Å². The van der Waals surface area contributed by atoms with E-state index in [1.54, 1.807) is 6.92 Å². The van der Waals surface area contributed by atoms with Crippen LogP contribution in [0.15, 0.2) is 0 Å². The van der Waals surface area contributed by atoms with Gasteiger partial charge in [0.2, 0.25) is 0 Å². The van der Waals surface area contributed by atoms with E-state index in [1.165, 1.54) is 192 Å². The normalized spacial score (nSPS) is 10.5. The van der Waals surface area contributed by atoms with Crippen LogP contribution in [-0.4, -0.2) is 23.4 Å². The van der Waals surface area contributed by atoms with E-state index in [-0.39, 0.29) is 5.12 Å². The number of hydrogen-bond donors (Lipinski definition) is 1. The highest BCUT2D eigenvalue weighted by Crippen LogP contribution is 2.15. The second-order valence-corrected chi connectivity index (χ2v) is 13.0. The average molecular weight is 589 g/mol. The van der Waals surface area contributed by atoms with E-state index in [9.17, 15) is 4.79 Å². The molecular weight excluding hydrogens is 517 g/mol. The lowest BCUT2D eigenvalue weighted by Crippen LogP contribution is -1.87. The molecule has 0 rings (SSSR count). The maximum atomic E-state index is 10.7. The molecule has 0 radical (unpaired) electrons. The molecule has 0 aromatic heterocycles. The standard InChI is InChI=1S/C18H36OS.C16H34S.CH2O/c1-3-4-5-6-7-8-9-10-11-12-13-14-15-16-17-20-18(2)19;1-2-3-4-5-6-7-8-9-10-11-12-13-14-15-16-17;1-2/h3-17H2,1-2H3;17H,2-16H2,1H3;1H2. The molecule has 0 N–H and O–H groups in total. The first-order chi connectivity index (χ1) is 19.2. The van der Waals surface area contributed by atoms with Crippen LogP contribution in [0.1, 0.15) is 201 Å². The minimum atomic E-state index is 0.264. The number of thioether (sulfide) groups is 1. The molecule has 0 unspecified atom stereocenters. The number of hydrogen-bond acceptors (Lipinski definition) is 4. The Bertz CT molecular complexity index is 403. The van der Waals surface area contributed by atoms with E-state index in [2.05, 4.69) is 26.5 Å². The number of carbonyl (C=O) groups is 2. The highest BCUT2D eigenvalue weighted by Gasteiger charge is 1.96. The van der Waals surface area contributed by atoms with E-state index in [0.29, 0.717) is 0 Å². The number of unbranched alkanes of at least 4 members (excludes halogenated alkanes) is 26. The second-order valence-electron chi connectivity index (χ2n) is 11.3. The van der Waals surface area contributed by atoms with Crippen molar-refractivity contribution < 1.29 is 9.59 Å². The summed E-state index contributed by atoms with van der Waals surface area (Å²) in [6, 6.07) is 0. The number of rotatable bonds is 29. The van der Waals surface area contributed by atoms with Crippen LogP contribution in [0.5, 0.6) is 0 Å². The monoisotopic (exact) mass is 588 g/mol. The summed E-state index contributed by atoms with van der Waals surface area (Å²) < 4.78 is 0. The Hall–Kier alpha value is 0.0400. The van der Waals surface area contributed by atoms with Crippen molar-refractivity contribution in [2.75, 3.05) is 11.5 Å². The van der Waals surface area contributed by atoms with Crippen LogP contribution >= 0.6 is 24.4 Å². The maximum absolute atomic E-state index is 10.7. The Balaban J connectivity index is -0.000000632. The summed E-state index contributed by atoms with van der Waals surface area (Å²) in [5, 5.41) is 0.264. The number of thiol groups is 1. The van der Waals surface area contributed by atoms with Gasteiger partial charge in [0.25, 0.3) is 0 Å². The quantitative estimate of drug-likeness (QED) is 0.0697. The lowest BCUT2D eigenvalue weighted by atomic mass is 10.0. The first kappa shape index (κ1) is 43.5. The summed E-state index contributed by atoms with van der Waals surface area (Å²) in [7, 11) is 0. The molecule has 0 fully saturated rings. The summed E-state index contributed by atoms with van der Waals surface area (Å²) in [6.45, 7) is 8.23. The first-order valence-electron chi connectivity index (χ1n) is 17.2. The molecule has 39 heavy (non-hydrogen) atoms. The van der Waals surface area contributed by atoms with Gasteiger partial charge in [-0.1, -0.05) is 193 Å². The van der Waals surface area contributed by atoms with E-state index >= 15 is 0 Å². The largest absolute Gasteiger partial charge is 0.307 e. The van der Waals surface area contributed by atoms with Crippen molar-refractivity contribution >= 4 is 36.3 Å². The predicted octanol–water partition coefficient (Wildman–Crippen LogP) is 13.0. The molecule has 0 aliphatic heterocycles. The Labute approximate surface area is 257 Å². The van der Waals surface area contributed by atoms with Crippen LogP contribution in [-0.2, 0) is 9.59 Å². The second kappa shape index (κ2) is 45.0. The lowest BCUT2D eigenvalue weighted by molar-refractivity contribution is -0.109. The van der Waals surface area contributed by atoms with Gasteiger partial charge in [-0.2, -0.15) is 12.6 Å². The van der Waals surface area contributed by atoms with Gasteiger partial charge in [0.15, 0.2) is 5.12 Å². The van der Waals surface area contributed by atoms with Crippen molar-refractivity contribution in [3.05, 3.63) is 0 Å². The Morgan fingerprint density at radius 3 is 0.923 bits per heavy atom. The maximum Gasteiger partial charge on any atom is 0.185 e. The summed E-state index contributed by atoms with van der Waals surface area (Å²) in [6.07, 6.45) is 39.7. The highest BCUT2D eigenvalue weighted by molar-refractivity contribution is 8.13. The molecule has 4 heteroatoms. The molecule has 0 aromatic carbocycles. The van der Waals surface area contributed by atoms with E-state index in [0.717, 1.165) is 11.5 Å². The van der Waals surface area contributed by atoms with Crippen LogP contribution in [0.25, 0.3) is 0 Å². The Morgan fingerprint density at radius 1 is 0.462 bits per heavy atom. The van der Waals surface area contributed by atoms with Gasteiger partial charge in [0, 0.05) is 12.7 Å². The molecule has 0 saturated heterocycles. The van der Waals surface area contributed by atoms with Gasteiger partial charge in [0.1, 0.15) is 6.79 Å². The molecule has 236 valence electrons. The smallest absolute Gasteiger partial charge is 0.185 e. The van der Waals surface area contributed by atoms with E-state index < -0.39 is 0 Å². The van der Waals surface area contributed by atoms with Crippen molar-refractivity contribution in [3.63, 3.8) is 0 Å². The van der Waals surface area contributed by atoms with Crippen LogP contribution in [0.3, 0.4) is 0 Å². The third kappa shape index (κ3) is 51.3. The van der Waals surface area contributed by atoms with Crippen molar-refractivity contribution in [1.29, 1.82) is 0 Å². The van der Waals surface area contributed by atoms with Gasteiger partial charge in [0.05, 0.1) is 0 Å². The van der Waals surface area contributed by atoms with Gasteiger partial charge >= 0.3 is 0 Å². The zero-order chi connectivity index (χ0) is 29.5. The molecule has 0 aromatic rings. The molecule has 0 atom stereocenters. The van der Waals surface area contributed by atoms with Crippen molar-refractivity contribution in [2.24, 2.45) is 0 Å². The fraction of sp³-hybridized carbons (Fsp3) is 0.943. The predicted molar refractivity (Wildman–Crippen MR) is 185 cm³/mol. The van der Waals surface area contributed by atoms with E-state index in [1.807, 2.05) is 6.79 Å². The number of carbonyl (C=O) groups excluding carboxylic acids is 2. The fourth-order valence-electron chi connectivity index (χ4n) is 4.82. The van der Waals surface area contributed by atoms with Gasteiger partial charge in [-0.15, -0.1) is 0 Å². The summed E-state index contributed by atoms with van der Waals surface area (Å²) in [5.41, 5.74) is 0. The summed E-state index contributed by atoms with van der Waals surface area (Å²) in [5.74, 6) is 2.09. The lowest BCUT2D eigenvalue weighted by Gasteiger charge is -2.03. The molecule has 2 nitrogen and oxygen atoms in total. The van der Waals surface area contributed by atoms with Crippen LogP contribution < -0.4 is 0 Å². The summed E-state index contributed by atoms with van der Waals surface area (Å²) >= 11 is 5.71. The molecule has 0 heterocycles. The molecule has 0 amide bonds. The molecule has 0 saturated carbocycles. The molecule has 0 aliphatic carbocycles. The molecule has 0 bridgehead atoms. The van der Waals surface area contributed by atoms with Gasteiger partial charge in [-0.05, 0) is 18.6 Å². The molecule has 0 spiro atoms. The van der Waals surface area contributed by atoms with Crippen molar-refractivity contribution in [2.45, 2.75) is 201 Å². The van der Waals surface area contributed by atoms with Gasteiger partial charge in [-0.3, -0.25) is 4.79 Å². The van der Waals surface area contributed by atoms with Crippen molar-refractivity contribution in [1.82, 2.24) is 0 Å². The molecule has 0 aliphatic rings. The third-order valence-electron chi connectivity index (χ3n) is 7.31. The first-order valence-corrected chi connectivity index (χ1v) is 18.8. The minimum absolute atomic E-state index is 0.264. The minimum Gasteiger partial charge on any atom is -0.307 e. The van der Waals surface area contributed by atoms with E-state index in [4.69, 9.17) is 4.79 Å². The van der Waals surface area contributed by atoms with Crippen LogP contribution in [0, 0.1) is 0 Å². The van der Waals surface area contributed by atoms with Crippen LogP contribution in [0.2, 0.25) is 0 Å². The summed E-state index contributed by atoms with van der Waals surface area (Å²) in [4.78, 5) is 18.7. The third-order valence-corrected chi connectivity index (χ3v) is 8.53. The Morgan fingerprint density at radius 2 is 0.692 bits per heavy atom. The van der Waals surface area contributed by atoms with Gasteiger partial charge < -0.3 is 4.79 Å². The van der Waals surface area contributed by atoms with Crippen LogP contribution in [0.4, 0.5) is 0 Å². The molecular formula is C35H72O2S2. The SMILES string of the molecule is C=O.CCCCCCCCCCCCCCCCS.CCCCCCCCCCCCCCCCSC(C)=O.